The van der Waals surface area contributed by atoms with Crippen LogP contribution in [0.4, 0.5) is 26.3 Å². The van der Waals surface area contributed by atoms with Crippen molar-refractivity contribution in [1.82, 2.24) is 8.55 Å². The van der Waals surface area contributed by atoms with Gasteiger partial charge in [0.25, 0.3) is 0 Å². The number of hydrogen-bond donors (Lipinski definition) is 1. The van der Waals surface area contributed by atoms with E-state index in [1.807, 2.05) is 0 Å². The van der Waals surface area contributed by atoms with Crippen LogP contribution in [-0.2, 0) is 20.0 Å². The van der Waals surface area contributed by atoms with E-state index in [9.17, 15) is 43.2 Å². The van der Waals surface area contributed by atoms with Gasteiger partial charge in [0.15, 0.2) is 0 Å². The summed E-state index contributed by atoms with van der Waals surface area (Å²) in [5, 5.41) is 0. The minimum Gasteiger partial charge on any atom is -0.212 e. The van der Waals surface area contributed by atoms with Crippen LogP contribution in [0.3, 0.4) is 0 Å². The number of nitrogens with one attached hydrogen (secondary N) is 1. The molecule has 21 heavy (non-hydrogen) atoms. The molecule has 1 atom stereocenters. The molecule has 0 aromatic heterocycles. The molecule has 6 nitrogen and oxygen atoms in total. The van der Waals surface area contributed by atoms with Gasteiger partial charge in [-0.15, -0.1) is 0 Å². The Morgan fingerprint density at radius 3 is 1.38 bits per heavy atom. The topological polar surface area (TPSA) is 83.6 Å². The lowest BCUT2D eigenvalue weighted by Gasteiger charge is -2.37. The Hall–Kier alpha value is -0.310. The number of alkyl halides is 6. The van der Waals surface area contributed by atoms with Crippen LogP contribution in [0.2, 0.25) is 0 Å². The number of nitrogens with zero attached hydrogens (tertiary/aromatic N) is 1. The van der Waals surface area contributed by atoms with E-state index in [0.717, 1.165) is 6.92 Å². The minimum atomic E-state index is -6.88. The average molecular weight is 387 g/mol. The van der Waals surface area contributed by atoms with Crippen LogP contribution >= 0.6 is 11.8 Å². The first-order valence-electron chi connectivity index (χ1n) is 4.80. The molecule has 0 aliphatic heterocycles. The van der Waals surface area contributed by atoms with Crippen molar-refractivity contribution in [3.8, 4) is 0 Å². The fourth-order valence-corrected chi connectivity index (χ4v) is 4.72. The molecule has 15 heteroatoms. The van der Waals surface area contributed by atoms with E-state index >= 15 is 0 Å². The number of hydrogen-bond acceptors (Lipinski definition) is 5. The van der Waals surface area contributed by atoms with Crippen LogP contribution in [0.5, 0.6) is 0 Å². The molecule has 0 spiro atoms. The van der Waals surface area contributed by atoms with Crippen molar-refractivity contribution >= 4 is 31.8 Å². The molecule has 1 unspecified atom stereocenters. The number of halogens is 7. The summed E-state index contributed by atoms with van der Waals surface area (Å²) < 4.78 is 118. The number of rotatable bonds is 5. The molecule has 0 saturated carbocycles. The Morgan fingerprint density at radius 2 is 1.24 bits per heavy atom. The monoisotopic (exact) mass is 386 g/mol. The standard InChI is InChI=1S/C6H9ClF6N2O4S2/c1-3-4(2,14-7)15(20(16,17)5(8,9)10)21(18,19)6(11,12)13/h14H,3H2,1-2H3. The van der Waals surface area contributed by atoms with Gasteiger partial charge in [-0.3, -0.25) is 0 Å². The smallest absolute Gasteiger partial charge is 0.212 e. The second kappa shape index (κ2) is 5.72. The van der Waals surface area contributed by atoms with E-state index in [1.54, 1.807) is 0 Å². The summed E-state index contributed by atoms with van der Waals surface area (Å²) in [5.74, 6) is 0. The van der Waals surface area contributed by atoms with Crippen molar-refractivity contribution in [1.29, 1.82) is 0 Å². The van der Waals surface area contributed by atoms with Crippen molar-refractivity contribution in [2.45, 2.75) is 36.9 Å². The predicted octanol–water partition coefficient (Wildman–Crippen LogP) is 1.86. The van der Waals surface area contributed by atoms with E-state index in [0.29, 0.717) is 6.92 Å². The molecule has 0 fully saturated rings. The van der Waals surface area contributed by atoms with Gasteiger partial charge in [-0.1, -0.05) is 10.6 Å². The molecule has 0 aromatic rings. The maximum atomic E-state index is 12.5. The van der Waals surface area contributed by atoms with E-state index in [2.05, 4.69) is 0 Å². The number of sulfonamides is 2. The van der Waals surface area contributed by atoms with Gasteiger partial charge in [0.1, 0.15) is 5.66 Å². The van der Waals surface area contributed by atoms with Gasteiger partial charge in [0.2, 0.25) is 0 Å². The first kappa shape index (κ1) is 20.7. The Balaban J connectivity index is 6.64. The summed E-state index contributed by atoms with van der Waals surface area (Å²) in [6.45, 7) is 1.38. The Kier molecular flexibility index (Phi) is 5.63. The maximum absolute atomic E-state index is 12.5. The fraction of sp³-hybridized carbons (Fsp3) is 1.00. The van der Waals surface area contributed by atoms with Crippen molar-refractivity contribution in [2.24, 2.45) is 0 Å². The summed E-state index contributed by atoms with van der Waals surface area (Å²) in [6, 6.07) is 0. The molecule has 128 valence electrons. The van der Waals surface area contributed by atoms with E-state index in [1.165, 1.54) is 4.84 Å². The highest BCUT2D eigenvalue weighted by Crippen LogP contribution is 2.40. The van der Waals surface area contributed by atoms with Crippen LogP contribution in [0.25, 0.3) is 0 Å². The first-order valence-corrected chi connectivity index (χ1v) is 8.06. The highest BCUT2D eigenvalue weighted by atomic mass is 35.5. The van der Waals surface area contributed by atoms with E-state index < -0.39 is 46.9 Å². The van der Waals surface area contributed by atoms with Gasteiger partial charge in [0.05, 0.1) is 0 Å². The quantitative estimate of drug-likeness (QED) is 0.443. The lowest BCUT2D eigenvalue weighted by molar-refractivity contribution is -0.0571. The van der Waals surface area contributed by atoms with Crippen LogP contribution in [0.15, 0.2) is 0 Å². The Morgan fingerprint density at radius 1 is 0.952 bits per heavy atom. The van der Waals surface area contributed by atoms with Crippen LogP contribution in [0.1, 0.15) is 20.3 Å². The van der Waals surface area contributed by atoms with E-state index in [4.69, 9.17) is 11.8 Å². The fourth-order valence-electron chi connectivity index (χ4n) is 1.08. The summed E-state index contributed by atoms with van der Waals surface area (Å²) in [6.07, 6.45) is -0.818. The Bertz CT molecular complexity index is 535. The van der Waals surface area contributed by atoms with Gasteiger partial charge in [-0.25, -0.2) is 21.7 Å². The SMILES string of the molecule is CCC(C)(NCl)N(S(=O)(=O)C(F)(F)F)S(=O)(=O)C(F)(F)F. The van der Waals surface area contributed by atoms with E-state index in [-0.39, 0.29) is 0 Å². The second-order valence-corrected chi connectivity index (χ2v) is 7.80. The highest BCUT2D eigenvalue weighted by Gasteiger charge is 2.66. The molecule has 0 bridgehead atoms. The summed E-state index contributed by atoms with van der Waals surface area (Å²) in [4.78, 5) is 1.32. The van der Waals surface area contributed by atoms with Crippen LogP contribution in [-0.4, -0.2) is 37.2 Å². The molecule has 0 heterocycles. The van der Waals surface area contributed by atoms with Crippen molar-refractivity contribution in [3.05, 3.63) is 0 Å². The Labute approximate surface area is 121 Å². The minimum absolute atomic E-state index is 0.451. The summed E-state index contributed by atoms with van der Waals surface area (Å²) >= 11 is 4.96. The van der Waals surface area contributed by atoms with Gasteiger partial charge in [0, 0.05) is 0 Å². The zero-order valence-electron chi connectivity index (χ0n) is 10.2. The van der Waals surface area contributed by atoms with Crippen molar-refractivity contribution in [2.75, 3.05) is 0 Å². The molecular weight excluding hydrogens is 378 g/mol. The summed E-state index contributed by atoms with van der Waals surface area (Å²) in [5.41, 5.74) is -15.4. The maximum Gasteiger partial charge on any atom is 0.512 e. The second-order valence-electron chi connectivity index (χ2n) is 3.82. The largest absolute Gasteiger partial charge is 0.512 e. The predicted molar refractivity (Wildman–Crippen MR) is 59.5 cm³/mol. The molecular formula is C6H9ClF6N2O4S2. The zero-order valence-corrected chi connectivity index (χ0v) is 12.6. The van der Waals surface area contributed by atoms with Gasteiger partial charge < -0.3 is 0 Å². The third-order valence-electron chi connectivity index (χ3n) is 2.32. The normalized spacial score (nSPS) is 17.8. The summed E-state index contributed by atoms with van der Waals surface area (Å²) in [7, 11) is -13.8. The lowest BCUT2D eigenvalue weighted by Crippen LogP contribution is -2.63. The first-order chi connectivity index (χ1) is 8.99. The molecule has 0 aliphatic rings. The van der Waals surface area contributed by atoms with Crippen LogP contribution < -0.4 is 4.84 Å². The molecule has 0 amide bonds. The van der Waals surface area contributed by atoms with Crippen LogP contribution in [0, 0.1) is 0 Å². The molecule has 0 saturated heterocycles. The van der Waals surface area contributed by atoms with Crippen molar-refractivity contribution < 1.29 is 43.2 Å². The lowest BCUT2D eigenvalue weighted by atomic mass is 10.2. The molecule has 0 rings (SSSR count). The molecule has 0 aliphatic carbocycles. The molecule has 1 N–H and O–H groups in total. The third-order valence-corrected chi connectivity index (χ3v) is 6.75. The third kappa shape index (κ3) is 3.55. The molecule has 0 aromatic carbocycles. The zero-order chi connectivity index (χ0) is 17.5. The highest BCUT2D eigenvalue weighted by molar-refractivity contribution is 8.04. The van der Waals surface area contributed by atoms with Gasteiger partial charge >= 0.3 is 31.1 Å². The van der Waals surface area contributed by atoms with Gasteiger partial charge in [-0.05, 0) is 25.1 Å². The van der Waals surface area contributed by atoms with Gasteiger partial charge in [-0.2, -0.15) is 26.3 Å². The molecule has 0 radical (unpaired) electrons. The average Bonchev–Trinajstić information content (AvgIpc) is 2.25. The van der Waals surface area contributed by atoms with Crippen molar-refractivity contribution in [3.63, 3.8) is 0 Å².